The number of hydrogen-bond acceptors (Lipinski definition) is 4. The lowest BCUT2D eigenvalue weighted by Crippen LogP contribution is -2.28. The van der Waals surface area contributed by atoms with Gasteiger partial charge in [0, 0.05) is 29.5 Å². The fourth-order valence-electron chi connectivity index (χ4n) is 1.81. The third-order valence-electron chi connectivity index (χ3n) is 2.81. The number of aliphatic carboxylic acids is 1. The average Bonchev–Trinajstić information content (AvgIpc) is 2.43. The van der Waals surface area contributed by atoms with Crippen molar-refractivity contribution in [3.05, 3.63) is 58.9 Å². The number of halogens is 1. The van der Waals surface area contributed by atoms with E-state index in [1.807, 2.05) is 0 Å². The third kappa shape index (κ3) is 3.46. The number of nitrogens with one attached hydrogen (secondary N) is 1. The lowest BCUT2D eigenvalue weighted by atomic mass is 10.1. The van der Waals surface area contributed by atoms with E-state index < -0.39 is 12.0 Å². The molecule has 0 saturated carbocycles. The lowest BCUT2D eigenvalue weighted by Gasteiger charge is -2.16. The first-order valence-electron chi connectivity index (χ1n) is 5.91. The molecule has 20 heavy (non-hydrogen) atoms. The number of carboxylic acid groups (broad SMARTS) is 1. The van der Waals surface area contributed by atoms with Gasteiger partial charge in [0.15, 0.2) is 0 Å². The molecule has 0 aliphatic heterocycles. The fraction of sp³-hybridized carbons (Fsp3) is 0.143. The van der Waals surface area contributed by atoms with Crippen LogP contribution < -0.4 is 5.32 Å². The minimum Gasteiger partial charge on any atom is -0.508 e. The largest absolute Gasteiger partial charge is 0.508 e. The van der Waals surface area contributed by atoms with E-state index in [-0.39, 0.29) is 11.3 Å². The van der Waals surface area contributed by atoms with Gasteiger partial charge in [0.05, 0.1) is 0 Å². The Morgan fingerprint density at radius 2 is 2.00 bits per heavy atom. The number of hydrogen-bond donors (Lipinski definition) is 3. The Labute approximate surface area is 120 Å². The van der Waals surface area contributed by atoms with Crippen LogP contribution in [0.2, 0.25) is 5.02 Å². The Kier molecular flexibility index (Phi) is 4.55. The molecular weight excluding hydrogens is 280 g/mol. The van der Waals surface area contributed by atoms with E-state index in [1.54, 1.807) is 24.5 Å². The molecule has 0 aliphatic rings. The highest BCUT2D eigenvalue weighted by atomic mass is 35.5. The van der Waals surface area contributed by atoms with Crippen molar-refractivity contribution in [1.29, 1.82) is 0 Å². The van der Waals surface area contributed by atoms with Crippen molar-refractivity contribution in [2.75, 3.05) is 0 Å². The Hall–Kier alpha value is -2.11. The number of carboxylic acids is 1. The Morgan fingerprint density at radius 1 is 1.30 bits per heavy atom. The number of rotatable bonds is 5. The van der Waals surface area contributed by atoms with Gasteiger partial charge in [-0.25, -0.2) is 0 Å². The summed E-state index contributed by atoms with van der Waals surface area (Å²) >= 11 is 5.84. The molecule has 0 amide bonds. The highest BCUT2D eigenvalue weighted by Crippen LogP contribution is 2.27. The average molecular weight is 293 g/mol. The second-order valence-corrected chi connectivity index (χ2v) is 4.65. The number of phenols is 1. The predicted molar refractivity (Wildman–Crippen MR) is 74.6 cm³/mol. The Morgan fingerprint density at radius 3 is 2.65 bits per heavy atom. The van der Waals surface area contributed by atoms with E-state index >= 15 is 0 Å². The van der Waals surface area contributed by atoms with Gasteiger partial charge in [-0.15, -0.1) is 0 Å². The maximum Gasteiger partial charge on any atom is 0.325 e. The SMILES string of the molecule is O=C(O)C(NCc1ccncc1)c1cc(Cl)ccc1O. The number of nitrogens with zero attached hydrogens (tertiary/aromatic N) is 1. The molecular formula is C14H13ClN2O3. The number of aromatic nitrogens is 1. The second kappa shape index (κ2) is 6.36. The van der Waals surface area contributed by atoms with E-state index in [2.05, 4.69) is 10.3 Å². The van der Waals surface area contributed by atoms with E-state index in [1.165, 1.54) is 18.2 Å². The van der Waals surface area contributed by atoms with E-state index in [9.17, 15) is 15.0 Å². The van der Waals surface area contributed by atoms with Crippen LogP contribution in [0.5, 0.6) is 5.75 Å². The molecule has 0 bridgehead atoms. The molecule has 0 saturated heterocycles. The summed E-state index contributed by atoms with van der Waals surface area (Å²) in [6.45, 7) is 0.339. The fourth-order valence-corrected chi connectivity index (χ4v) is 1.99. The van der Waals surface area contributed by atoms with Crippen LogP contribution in [0.15, 0.2) is 42.7 Å². The Balaban J connectivity index is 2.19. The zero-order chi connectivity index (χ0) is 14.5. The topological polar surface area (TPSA) is 82.5 Å². The number of benzene rings is 1. The molecule has 1 aromatic heterocycles. The summed E-state index contributed by atoms with van der Waals surface area (Å²) in [7, 11) is 0. The minimum atomic E-state index is -1.09. The van der Waals surface area contributed by atoms with Gasteiger partial charge < -0.3 is 10.2 Å². The normalized spacial score (nSPS) is 12.1. The van der Waals surface area contributed by atoms with Crippen molar-refractivity contribution in [3.63, 3.8) is 0 Å². The maximum atomic E-state index is 11.4. The summed E-state index contributed by atoms with van der Waals surface area (Å²) in [4.78, 5) is 15.2. The molecule has 0 fully saturated rings. The first-order valence-corrected chi connectivity index (χ1v) is 6.29. The van der Waals surface area contributed by atoms with Crippen LogP contribution in [0.4, 0.5) is 0 Å². The van der Waals surface area contributed by atoms with Crippen LogP contribution in [0.25, 0.3) is 0 Å². The summed E-state index contributed by atoms with van der Waals surface area (Å²) in [5.74, 6) is -1.19. The first kappa shape index (κ1) is 14.3. The molecule has 5 nitrogen and oxygen atoms in total. The molecule has 1 heterocycles. The molecule has 2 rings (SSSR count). The number of pyridine rings is 1. The molecule has 0 spiro atoms. The molecule has 6 heteroatoms. The number of carbonyl (C=O) groups is 1. The first-order chi connectivity index (χ1) is 9.58. The number of aromatic hydroxyl groups is 1. The van der Waals surface area contributed by atoms with Gasteiger partial charge in [0.1, 0.15) is 11.8 Å². The maximum absolute atomic E-state index is 11.4. The predicted octanol–water partition coefficient (Wildman–Crippen LogP) is 2.36. The molecule has 2 aromatic rings. The molecule has 0 aliphatic carbocycles. The smallest absolute Gasteiger partial charge is 0.325 e. The van der Waals surface area contributed by atoms with Crippen LogP contribution in [-0.2, 0) is 11.3 Å². The second-order valence-electron chi connectivity index (χ2n) is 4.21. The van der Waals surface area contributed by atoms with Crippen molar-refractivity contribution in [3.8, 4) is 5.75 Å². The van der Waals surface area contributed by atoms with Crippen molar-refractivity contribution >= 4 is 17.6 Å². The van der Waals surface area contributed by atoms with Gasteiger partial charge in [-0.3, -0.25) is 15.1 Å². The molecule has 1 aromatic carbocycles. The summed E-state index contributed by atoms with van der Waals surface area (Å²) in [5.41, 5.74) is 1.13. The van der Waals surface area contributed by atoms with Gasteiger partial charge in [-0.2, -0.15) is 0 Å². The van der Waals surface area contributed by atoms with Gasteiger partial charge >= 0.3 is 5.97 Å². The Bertz CT molecular complexity index is 605. The van der Waals surface area contributed by atoms with Crippen molar-refractivity contribution < 1.29 is 15.0 Å². The quantitative estimate of drug-likeness (QED) is 0.788. The van der Waals surface area contributed by atoms with E-state index in [4.69, 9.17) is 11.6 Å². The monoisotopic (exact) mass is 292 g/mol. The highest BCUT2D eigenvalue weighted by Gasteiger charge is 2.22. The summed E-state index contributed by atoms with van der Waals surface area (Å²) in [6, 6.07) is 6.84. The minimum absolute atomic E-state index is 0.107. The zero-order valence-electron chi connectivity index (χ0n) is 10.5. The van der Waals surface area contributed by atoms with Gasteiger partial charge in [0.25, 0.3) is 0 Å². The van der Waals surface area contributed by atoms with Gasteiger partial charge in [0.2, 0.25) is 0 Å². The van der Waals surface area contributed by atoms with Crippen molar-refractivity contribution in [1.82, 2.24) is 10.3 Å². The number of phenolic OH excluding ortho intramolecular Hbond substituents is 1. The van der Waals surface area contributed by atoms with Crippen LogP contribution in [0, 0.1) is 0 Å². The van der Waals surface area contributed by atoms with Crippen LogP contribution in [0.3, 0.4) is 0 Å². The van der Waals surface area contributed by atoms with Crippen molar-refractivity contribution in [2.45, 2.75) is 12.6 Å². The standard InChI is InChI=1S/C14H13ClN2O3/c15-10-1-2-12(18)11(7-10)13(14(19)20)17-8-9-3-5-16-6-4-9/h1-7,13,17-18H,8H2,(H,19,20). The zero-order valence-corrected chi connectivity index (χ0v) is 11.2. The molecule has 1 unspecified atom stereocenters. The molecule has 104 valence electrons. The van der Waals surface area contributed by atoms with Crippen LogP contribution in [-0.4, -0.2) is 21.2 Å². The van der Waals surface area contributed by atoms with E-state index in [0.717, 1.165) is 5.56 Å². The third-order valence-corrected chi connectivity index (χ3v) is 3.04. The van der Waals surface area contributed by atoms with Crippen molar-refractivity contribution in [2.24, 2.45) is 0 Å². The van der Waals surface area contributed by atoms with Gasteiger partial charge in [-0.05, 0) is 35.9 Å². The van der Waals surface area contributed by atoms with E-state index in [0.29, 0.717) is 11.6 Å². The summed E-state index contributed by atoms with van der Waals surface area (Å²) in [6.07, 6.45) is 3.26. The van der Waals surface area contributed by atoms with Gasteiger partial charge in [-0.1, -0.05) is 11.6 Å². The molecule has 0 radical (unpaired) electrons. The van der Waals surface area contributed by atoms with Crippen LogP contribution >= 0.6 is 11.6 Å². The molecule has 3 N–H and O–H groups in total. The van der Waals surface area contributed by atoms with Crippen LogP contribution in [0.1, 0.15) is 17.2 Å². The molecule has 1 atom stereocenters. The highest BCUT2D eigenvalue weighted by molar-refractivity contribution is 6.30. The lowest BCUT2D eigenvalue weighted by molar-refractivity contribution is -0.139. The summed E-state index contributed by atoms with van der Waals surface area (Å²) < 4.78 is 0. The summed E-state index contributed by atoms with van der Waals surface area (Å²) in [5, 5.41) is 22.3.